The van der Waals surface area contributed by atoms with Crippen LogP contribution in [-0.4, -0.2) is 44.3 Å². The van der Waals surface area contributed by atoms with Crippen molar-refractivity contribution in [2.24, 2.45) is 0 Å². The second kappa shape index (κ2) is 13.5. The molecule has 0 aliphatic carbocycles. The van der Waals surface area contributed by atoms with E-state index in [1.54, 1.807) is 56.3 Å². The summed E-state index contributed by atoms with van der Waals surface area (Å²) in [6, 6.07) is 16.6. The van der Waals surface area contributed by atoms with Crippen molar-refractivity contribution in [1.29, 1.82) is 0 Å². The molecule has 0 saturated carbocycles. The highest BCUT2D eigenvalue weighted by Gasteiger charge is 2.34. The first-order valence-corrected chi connectivity index (χ1v) is 14.9. The summed E-state index contributed by atoms with van der Waals surface area (Å²) in [5.41, 5.74) is 1.59. The fourth-order valence-corrected chi connectivity index (χ4v) is 6.10. The van der Waals surface area contributed by atoms with Gasteiger partial charge in [0, 0.05) is 33.7 Å². The average Bonchev–Trinajstić information content (AvgIpc) is 2.89. The van der Waals surface area contributed by atoms with Gasteiger partial charge in [0.25, 0.3) is 10.0 Å². The maximum absolute atomic E-state index is 14.0. The van der Waals surface area contributed by atoms with E-state index in [9.17, 15) is 18.0 Å². The van der Waals surface area contributed by atoms with Crippen molar-refractivity contribution in [2.45, 2.75) is 44.7 Å². The van der Waals surface area contributed by atoms with E-state index in [2.05, 4.69) is 5.32 Å². The molecule has 0 saturated heterocycles. The van der Waals surface area contributed by atoms with E-state index in [0.717, 1.165) is 9.87 Å². The first-order chi connectivity index (χ1) is 18.5. The molecule has 3 rings (SSSR count). The molecule has 0 bridgehead atoms. The standard InChI is InChI=1S/C28H30Cl3N3O4S/c1-4-26(28(36)32-5-2)33(17-23-24(30)7-6-8-25(23)31)27(35)18-34(21-13-11-20(29)12-14-21)39(37,38)22-15-9-19(3)10-16-22/h6-16,26H,4-5,17-18H2,1-3H3,(H,32,36)/t26-/m1/s1. The van der Waals surface area contributed by atoms with Crippen molar-refractivity contribution in [3.8, 4) is 0 Å². The zero-order chi connectivity index (χ0) is 28.7. The lowest BCUT2D eigenvalue weighted by atomic mass is 10.1. The normalized spacial score (nSPS) is 12.1. The van der Waals surface area contributed by atoms with Gasteiger partial charge in [0.05, 0.1) is 10.6 Å². The van der Waals surface area contributed by atoms with E-state index in [1.165, 1.54) is 29.2 Å². The minimum absolute atomic E-state index is 0.0207. The first kappa shape index (κ1) is 30.8. The van der Waals surface area contributed by atoms with Gasteiger partial charge in [0.2, 0.25) is 11.8 Å². The zero-order valence-corrected chi connectivity index (χ0v) is 24.9. The summed E-state index contributed by atoms with van der Waals surface area (Å²) in [5, 5.41) is 3.82. The van der Waals surface area contributed by atoms with Gasteiger partial charge in [0.1, 0.15) is 12.6 Å². The Morgan fingerprint density at radius 1 is 0.897 bits per heavy atom. The van der Waals surface area contributed by atoms with Crippen molar-refractivity contribution < 1.29 is 18.0 Å². The van der Waals surface area contributed by atoms with E-state index < -0.39 is 28.5 Å². The average molecular weight is 611 g/mol. The number of hydrogen-bond donors (Lipinski definition) is 1. The molecule has 0 spiro atoms. The quantitative estimate of drug-likeness (QED) is 0.285. The van der Waals surface area contributed by atoms with Gasteiger partial charge >= 0.3 is 0 Å². The molecule has 0 unspecified atom stereocenters. The van der Waals surface area contributed by atoms with Crippen LogP contribution in [0.15, 0.2) is 71.6 Å². The van der Waals surface area contributed by atoms with Crippen molar-refractivity contribution in [3.63, 3.8) is 0 Å². The number of amides is 2. The van der Waals surface area contributed by atoms with E-state index in [-0.39, 0.29) is 29.5 Å². The minimum atomic E-state index is -4.17. The second-order valence-corrected chi connectivity index (χ2v) is 12.0. The summed E-state index contributed by atoms with van der Waals surface area (Å²) < 4.78 is 28.7. The van der Waals surface area contributed by atoms with Crippen molar-refractivity contribution in [3.05, 3.63) is 92.9 Å². The highest BCUT2D eigenvalue weighted by Crippen LogP contribution is 2.29. The number of sulfonamides is 1. The number of anilines is 1. The van der Waals surface area contributed by atoms with Gasteiger partial charge in [-0.15, -0.1) is 0 Å². The summed E-state index contributed by atoms with van der Waals surface area (Å²) >= 11 is 18.9. The van der Waals surface area contributed by atoms with Gasteiger partial charge in [-0.25, -0.2) is 8.42 Å². The van der Waals surface area contributed by atoms with Crippen LogP contribution in [0.2, 0.25) is 15.1 Å². The molecule has 3 aromatic rings. The van der Waals surface area contributed by atoms with Gasteiger partial charge in [-0.1, -0.05) is 65.5 Å². The molecule has 1 N–H and O–H groups in total. The molecule has 2 amide bonds. The molecular weight excluding hydrogens is 581 g/mol. The number of rotatable bonds is 11. The van der Waals surface area contributed by atoms with E-state index in [0.29, 0.717) is 27.2 Å². The van der Waals surface area contributed by atoms with Crippen LogP contribution in [0.5, 0.6) is 0 Å². The molecule has 3 aromatic carbocycles. The molecule has 208 valence electrons. The molecule has 0 fully saturated rings. The number of hydrogen-bond acceptors (Lipinski definition) is 4. The van der Waals surface area contributed by atoms with Gasteiger partial charge in [-0.05, 0) is 68.8 Å². The second-order valence-electron chi connectivity index (χ2n) is 8.84. The smallest absolute Gasteiger partial charge is 0.264 e. The van der Waals surface area contributed by atoms with Crippen LogP contribution in [0.25, 0.3) is 0 Å². The molecule has 0 radical (unpaired) electrons. The lowest BCUT2D eigenvalue weighted by Gasteiger charge is -2.33. The number of likely N-dealkylation sites (N-methyl/N-ethyl adjacent to an activating group) is 1. The Morgan fingerprint density at radius 2 is 1.49 bits per heavy atom. The highest BCUT2D eigenvalue weighted by molar-refractivity contribution is 7.92. The maximum Gasteiger partial charge on any atom is 0.264 e. The van der Waals surface area contributed by atoms with Crippen LogP contribution in [0.3, 0.4) is 0 Å². The number of nitrogens with one attached hydrogen (secondary N) is 1. The Morgan fingerprint density at radius 3 is 2.03 bits per heavy atom. The number of carbonyl (C=O) groups excluding carboxylic acids is 2. The Balaban J connectivity index is 2.09. The third-order valence-corrected chi connectivity index (χ3v) is 8.88. The Labute approximate surface area is 244 Å². The Kier molecular flexibility index (Phi) is 10.7. The maximum atomic E-state index is 14.0. The Hall–Kier alpha value is -2.78. The molecule has 11 heteroatoms. The number of carbonyl (C=O) groups is 2. The van der Waals surface area contributed by atoms with Crippen LogP contribution in [0, 0.1) is 6.92 Å². The van der Waals surface area contributed by atoms with E-state index in [1.807, 2.05) is 6.92 Å². The molecule has 0 aliphatic heterocycles. The summed E-state index contributed by atoms with van der Waals surface area (Å²) in [5.74, 6) is -0.967. The predicted octanol–water partition coefficient (Wildman–Crippen LogP) is 6.09. The van der Waals surface area contributed by atoms with Crippen LogP contribution < -0.4 is 9.62 Å². The van der Waals surface area contributed by atoms with Gasteiger partial charge < -0.3 is 10.2 Å². The Bertz CT molecular complexity index is 1390. The SMILES string of the molecule is CCNC(=O)[C@@H](CC)N(Cc1c(Cl)cccc1Cl)C(=O)CN(c1ccc(Cl)cc1)S(=O)(=O)c1ccc(C)cc1. The van der Waals surface area contributed by atoms with Crippen LogP contribution >= 0.6 is 34.8 Å². The van der Waals surface area contributed by atoms with Crippen molar-refractivity contribution in [2.75, 3.05) is 17.4 Å². The summed E-state index contributed by atoms with van der Waals surface area (Å²) in [7, 11) is -4.17. The zero-order valence-electron chi connectivity index (χ0n) is 21.8. The van der Waals surface area contributed by atoms with Crippen molar-refractivity contribution >= 4 is 62.3 Å². The number of benzene rings is 3. The summed E-state index contributed by atoms with van der Waals surface area (Å²) in [6.45, 7) is 5.10. The third kappa shape index (κ3) is 7.45. The topological polar surface area (TPSA) is 86.8 Å². The van der Waals surface area contributed by atoms with Gasteiger partial charge in [-0.2, -0.15) is 0 Å². The number of halogens is 3. The molecule has 0 aliphatic rings. The van der Waals surface area contributed by atoms with Crippen LogP contribution in [-0.2, 0) is 26.2 Å². The molecule has 39 heavy (non-hydrogen) atoms. The van der Waals surface area contributed by atoms with Crippen LogP contribution in [0.1, 0.15) is 31.4 Å². The van der Waals surface area contributed by atoms with Gasteiger partial charge in [-0.3, -0.25) is 13.9 Å². The summed E-state index contributed by atoms with van der Waals surface area (Å²) in [4.78, 5) is 28.3. The van der Waals surface area contributed by atoms with Gasteiger partial charge in [0.15, 0.2) is 0 Å². The molecule has 0 heterocycles. The molecule has 1 atom stereocenters. The van der Waals surface area contributed by atoms with Crippen molar-refractivity contribution in [1.82, 2.24) is 10.2 Å². The lowest BCUT2D eigenvalue weighted by molar-refractivity contribution is -0.140. The summed E-state index contributed by atoms with van der Waals surface area (Å²) in [6.07, 6.45) is 0.283. The largest absolute Gasteiger partial charge is 0.355 e. The monoisotopic (exact) mass is 609 g/mol. The third-order valence-electron chi connectivity index (χ3n) is 6.13. The molecule has 7 nitrogen and oxygen atoms in total. The predicted molar refractivity (Wildman–Crippen MR) is 157 cm³/mol. The first-order valence-electron chi connectivity index (χ1n) is 12.3. The highest BCUT2D eigenvalue weighted by atomic mass is 35.5. The number of nitrogens with zero attached hydrogens (tertiary/aromatic N) is 2. The number of aryl methyl sites for hydroxylation is 1. The minimum Gasteiger partial charge on any atom is -0.355 e. The van der Waals surface area contributed by atoms with E-state index >= 15 is 0 Å². The molecular formula is C28H30Cl3N3O4S. The fraction of sp³-hybridized carbons (Fsp3) is 0.286. The fourth-order valence-electron chi connectivity index (χ4n) is 4.04. The van der Waals surface area contributed by atoms with Crippen LogP contribution in [0.4, 0.5) is 5.69 Å². The lowest BCUT2D eigenvalue weighted by Crippen LogP contribution is -2.52. The molecule has 0 aromatic heterocycles. The van der Waals surface area contributed by atoms with E-state index in [4.69, 9.17) is 34.8 Å².